The van der Waals surface area contributed by atoms with Crippen LogP contribution in [0.25, 0.3) is 105 Å². The van der Waals surface area contributed by atoms with Crippen LogP contribution in [0.15, 0.2) is 370 Å². The summed E-state index contributed by atoms with van der Waals surface area (Å²) in [6.45, 7) is 12.6. The minimum absolute atomic E-state index is 0.00566. The quantitative estimate of drug-likeness (QED) is 0.142. The lowest BCUT2D eigenvalue weighted by Gasteiger charge is -2.44. The lowest BCUT2D eigenvalue weighted by molar-refractivity contribution is 0.466. The van der Waals surface area contributed by atoms with Gasteiger partial charge in [0.1, 0.15) is 23.0 Å². The summed E-state index contributed by atoms with van der Waals surface area (Å²) >= 11 is 0. The van der Waals surface area contributed by atoms with Crippen molar-refractivity contribution in [3.63, 3.8) is 0 Å². The minimum Gasteiger partial charge on any atom is -0.458 e. The highest BCUT2D eigenvalue weighted by atomic mass is 16.5. The van der Waals surface area contributed by atoms with Gasteiger partial charge in [0, 0.05) is 67.9 Å². The largest absolute Gasteiger partial charge is 0.458 e. The van der Waals surface area contributed by atoms with Crippen molar-refractivity contribution in [2.45, 2.75) is 57.8 Å². The maximum atomic E-state index is 9.95. The number of ether oxygens (including phenoxy) is 2. The van der Waals surface area contributed by atoms with Gasteiger partial charge < -0.3 is 23.8 Å². The molecule has 556 valence electrons. The normalized spacial score (nSPS) is 14.8. The molecule has 0 unspecified atom stereocenters. The van der Waals surface area contributed by atoms with Gasteiger partial charge in [0.2, 0.25) is 0 Å². The van der Waals surface area contributed by atoms with Crippen molar-refractivity contribution in [1.29, 1.82) is 0 Å². The molecule has 1 aromatic heterocycles. The molecule has 2 aliphatic carbocycles. The van der Waals surface area contributed by atoms with E-state index in [1.165, 1.54) is 50.1 Å². The molecule has 7 heteroatoms. The van der Waals surface area contributed by atoms with Gasteiger partial charge in [-0.25, -0.2) is 0 Å². The summed E-state index contributed by atoms with van der Waals surface area (Å²) in [6.07, 6.45) is 0. The van der Waals surface area contributed by atoms with Crippen molar-refractivity contribution < 1.29 is 20.4 Å². The van der Waals surface area contributed by atoms with Gasteiger partial charge in [0.25, 0.3) is 13.4 Å². The lowest BCUT2D eigenvalue weighted by atomic mass is 9.31. The fourth-order valence-corrected chi connectivity index (χ4v) is 20.7. The maximum absolute atomic E-state index is 9.95. The van der Waals surface area contributed by atoms with Gasteiger partial charge in [-0.15, -0.1) is 0 Å². The number of hydrogen-bond acceptors (Lipinski definition) is 4. The zero-order chi connectivity index (χ0) is 85.6. The van der Waals surface area contributed by atoms with Crippen LogP contribution < -0.4 is 52.1 Å². The second-order valence-corrected chi connectivity index (χ2v) is 34.3. The molecule has 4 aliphatic heterocycles. The molecule has 0 saturated heterocycles. The van der Waals surface area contributed by atoms with Gasteiger partial charge in [-0.3, -0.25) is 0 Å². The molecule has 17 aromatic carbocycles. The highest BCUT2D eigenvalue weighted by Crippen LogP contribution is 2.65. The van der Waals surface area contributed by atoms with E-state index in [4.69, 9.17) is 12.2 Å². The Morgan fingerprint density at radius 3 is 1.12 bits per heavy atom. The summed E-state index contributed by atoms with van der Waals surface area (Å²) in [6, 6.07) is 113. The van der Waals surface area contributed by atoms with Crippen molar-refractivity contribution in [1.82, 2.24) is 4.57 Å². The summed E-state index contributed by atoms with van der Waals surface area (Å²) in [4.78, 5) is 4.91. The predicted octanol–water partition coefficient (Wildman–Crippen LogP) is 24.9. The Morgan fingerprint density at radius 2 is 0.669 bits per heavy atom. The molecule has 5 heterocycles. The molecule has 0 fully saturated rings. The molecule has 24 rings (SSSR count). The van der Waals surface area contributed by atoms with Gasteiger partial charge in [0.15, 0.2) is 0 Å². The van der Waals surface area contributed by atoms with Crippen LogP contribution in [0.5, 0.6) is 23.0 Å². The van der Waals surface area contributed by atoms with Crippen molar-refractivity contribution in [3.8, 4) is 107 Å². The number of hydrogen-bond donors (Lipinski definition) is 0. The van der Waals surface area contributed by atoms with E-state index < -0.39 is 67.2 Å². The van der Waals surface area contributed by atoms with E-state index in [-0.39, 0.29) is 32.6 Å². The second kappa shape index (κ2) is 25.4. The molecule has 0 atom stereocenters. The van der Waals surface area contributed by atoms with Crippen molar-refractivity contribution in [2.24, 2.45) is 0 Å². The number of anilines is 6. The number of nitrogens with zero attached hydrogens (tertiary/aromatic N) is 3. The molecule has 0 bridgehead atoms. The van der Waals surface area contributed by atoms with E-state index in [0.717, 1.165) is 122 Å². The standard InChI is InChI=1S/C111H79B2N3O2/c1-109(2,3)73-60-83(68-34-11-7-12-35-68)107(84(61-73)69-36-13-8-14-37-69)115-96-56-31-27-52-90(96)112-92-66-93-101(67-100(92)117-102-59-72(58-98(115)105(102)112)76-47-33-48-82-79-44-21-26-51-89(79)111(104(76)82)87-49-24-19-42-77(87)78-43-20-25-50-88(78)111)118-103-65-75(114-94-54-29-22-45-80(94)81-46-23-30-55-95(81)114)64-99-106(103)113(93)91-53-28-32-57-97(91)116(99)108-85(70-38-15-9-16-39-70)62-74(110(4,5)6)63-86(108)71-40-17-10-18-41-71/h7-67H,1-6H3/i22D,23D,29D,30D,45D,46D,54D,55D. The summed E-state index contributed by atoms with van der Waals surface area (Å²) in [5, 5.41) is -0.0534. The average Bonchev–Trinajstić information content (AvgIpc) is 1.47. The molecule has 118 heavy (non-hydrogen) atoms. The van der Waals surface area contributed by atoms with Gasteiger partial charge >= 0.3 is 0 Å². The first-order chi connectivity index (χ1) is 61.1. The van der Waals surface area contributed by atoms with E-state index in [1.807, 2.05) is 24.3 Å². The molecule has 1 spiro atoms. The van der Waals surface area contributed by atoms with Crippen LogP contribution in [-0.4, -0.2) is 18.0 Å². The number of fused-ring (bicyclic) bond motifs is 21. The van der Waals surface area contributed by atoms with Crippen LogP contribution in [0.4, 0.5) is 34.1 Å². The zero-order valence-corrected chi connectivity index (χ0v) is 65.9. The van der Waals surface area contributed by atoms with Gasteiger partial charge in [0.05, 0.1) is 44.5 Å². The van der Waals surface area contributed by atoms with Crippen LogP contribution in [0.2, 0.25) is 0 Å². The smallest absolute Gasteiger partial charge is 0.256 e. The monoisotopic (exact) mass is 1520 g/mol. The Bertz CT molecular complexity index is 7550. The highest BCUT2D eigenvalue weighted by Gasteiger charge is 2.54. The number of aromatic nitrogens is 1. The van der Waals surface area contributed by atoms with E-state index in [1.54, 1.807) is 4.57 Å². The Balaban J connectivity index is 0.801. The van der Waals surface area contributed by atoms with Gasteiger partial charge in [-0.2, -0.15) is 0 Å². The van der Waals surface area contributed by atoms with Gasteiger partial charge in [-0.1, -0.05) is 333 Å². The maximum Gasteiger partial charge on any atom is 0.256 e. The number of para-hydroxylation sites is 4. The third-order valence-electron chi connectivity index (χ3n) is 25.8. The summed E-state index contributed by atoms with van der Waals surface area (Å²) in [7, 11) is 0. The van der Waals surface area contributed by atoms with Crippen LogP contribution in [0.1, 0.15) is 85.9 Å². The summed E-state index contributed by atoms with van der Waals surface area (Å²) < 4.78 is 93.8. The Kier molecular flexibility index (Phi) is 13.0. The van der Waals surface area contributed by atoms with Crippen molar-refractivity contribution in [2.75, 3.05) is 9.80 Å². The third kappa shape index (κ3) is 9.82. The SMILES string of the molecule is [2H]c1c([2H])c([2H])c2c(c1[2H])c1c([2H])c([2H])c([2H])c([2H])c1n2-c1cc2c3c(c1)N(c1c(-c4ccccc4)cc(C(C)(C)C)cc1-c1ccccc1)c1ccccc1B3c1cc3c(cc1O2)Oc1cc(-c2cccc4c2C2(c5ccccc5-c5ccccc52)c2ccccc2-4)cc2c1B3c1ccccc1N2c1c(-c2ccccc2)cc(C(C)(C)C)cc1-c1ccccc1. The molecule has 6 aliphatic rings. The second-order valence-electron chi connectivity index (χ2n) is 34.3. The Morgan fingerprint density at radius 1 is 0.297 bits per heavy atom. The topological polar surface area (TPSA) is 29.9 Å². The minimum atomic E-state index is -0.711. The third-order valence-corrected chi connectivity index (χ3v) is 25.8. The molecule has 0 radical (unpaired) electrons. The first-order valence-corrected chi connectivity index (χ1v) is 40.9. The molecule has 18 aromatic rings. The average molecular weight is 1520 g/mol. The van der Waals surface area contributed by atoms with E-state index in [0.29, 0.717) is 34.4 Å². The van der Waals surface area contributed by atoms with Crippen LogP contribution in [0.3, 0.4) is 0 Å². The Hall–Kier alpha value is -14.1. The molecule has 0 saturated carbocycles. The lowest BCUT2D eigenvalue weighted by Crippen LogP contribution is -2.63. The summed E-state index contributed by atoms with van der Waals surface area (Å²) in [5.74, 6) is 2.23. The van der Waals surface area contributed by atoms with E-state index in [9.17, 15) is 8.22 Å². The Labute approximate surface area is 700 Å². The first kappa shape index (κ1) is 60.4. The molecule has 0 amide bonds. The van der Waals surface area contributed by atoms with Crippen LogP contribution >= 0.6 is 0 Å². The fraction of sp³-hybridized carbons (Fsp3) is 0.0811. The van der Waals surface area contributed by atoms with E-state index in [2.05, 4.69) is 349 Å². The zero-order valence-electron chi connectivity index (χ0n) is 73.9. The molecular formula is C111H79B2N3O2. The van der Waals surface area contributed by atoms with Crippen LogP contribution in [0, 0.1) is 0 Å². The van der Waals surface area contributed by atoms with Crippen molar-refractivity contribution in [3.05, 3.63) is 403 Å². The number of rotatable bonds is 8. The summed E-state index contributed by atoms with van der Waals surface area (Å²) in [5.41, 5.74) is 32.4. The van der Waals surface area contributed by atoms with E-state index >= 15 is 0 Å². The molecule has 5 nitrogen and oxygen atoms in total. The van der Waals surface area contributed by atoms with Gasteiger partial charge in [-0.05, 0) is 199 Å². The number of benzene rings is 17. The fourth-order valence-electron chi connectivity index (χ4n) is 20.7. The molecule has 0 N–H and O–H groups in total. The van der Waals surface area contributed by atoms with Crippen molar-refractivity contribution >= 4 is 102 Å². The molecular weight excluding hydrogens is 1430 g/mol. The van der Waals surface area contributed by atoms with Crippen LogP contribution in [-0.2, 0) is 16.2 Å². The predicted molar refractivity (Wildman–Crippen MR) is 493 cm³/mol. The first-order valence-electron chi connectivity index (χ1n) is 44.9. The highest BCUT2D eigenvalue weighted by molar-refractivity contribution is 7.02.